The summed E-state index contributed by atoms with van der Waals surface area (Å²) in [6.45, 7) is 4.71. The van der Waals surface area contributed by atoms with Crippen molar-refractivity contribution >= 4 is 45.5 Å². The second-order valence-corrected chi connectivity index (χ2v) is 8.05. The Morgan fingerprint density at radius 1 is 0.864 bits per heavy atom. The second kappa shape index (κ2) is 4.02. The highest BCUT2D eigenvalue weighted by Crippen LogP contribution is 2.53. The first-order valence-corrected chi connectivity index (χ1v) is 8.74. The van der Waals surface area contributed by atoms with Gasteiger partial charge in [-0.1, -0.05) is 50.3 Å². The number of benzene rings is 3. The van der Waals surface area contributed by atoms with Gasteiger partial charge in [0.1, 0.15) is 0 Å². The fourth-order valence-corrected chi connectivity index (χ4v) is 4.67. The quantitative estimate of drug-likeness (QED) is 0.310. The number of halogens is 1. The van der Waals surface area contributed by atoms with Gasteiger partial charge in [-0.15, -0.1) is 0 Å². The monoisotopic (exact) mass is 394 g/mol. The molecule has 0 N–H and O–H groups in total. The molecule has 0 fully saturated rings. The van der Waals surface area contributed by atoms with Crippen LogP contribution in [0.3, 0.4) is 0 Å². The largest absolute Gasteiger partial charge is 0.0610 e. The highest BCUT2D eigenvalue weighted by molar-refractivity contribution is 14.1. The Kier molecular flexibility index (Phi) is 2.35. The molecule has 3 aromatic rings. The zero-order valence-corrected chi connectivity index (χ0v) is 14.7. The van der Waals surface area contributed by atoms with E-state index in [0.717, 1.165) is 0 Å². The van der Waals surface area contributed by atoms with E-state index in [4.69, 9.17) is 0 Å². The highest BCUT2D eigenvalue weighted by atomic mass is 127. The van der Waals surface area contributed by atoms with Crippen molar-refractivity contribution in [2.45, 2.75) is 19.3 Å². The summed E-state index contributed by atoms with van der Waals surface area (Å²) < 4.78 is 1.31. The van der Waals surface area contributed by atoms with E-state index in [1.54, 1.807) is 0 Å². The average Bonchev–Trinajstić information content (AvgIpc) is 3.01. The zero-order valence-electron chi connectivity index (χ0n) is 12.6. The summed E-state index contributed by atoms with van der Waals surface area (Å²) in [4.78, 5) is 0. The third kappa shape index (κ3) is 1.43. The van der Waals surface area contributed by atoms with Crippen molar-refractivity contribution in [2.24, 2.45) is 0 Å². The van der Waals surface area contributed by atoms with Gasteiger partial charge < -0.3 is 0 Å². The van der Waals surface area contributed by atoms with Crippen LogP contribution >= 0.6 is 22.6 Å². The van der Waals surface area contributed by atoms with Gasteiger partial charge in [-0.2, -0.15) is 0 Å². The fraction of sp³-hybridized carbons (Fsp3) is 0.143. The number of fused-ring (bicyclic) bond motifs is 4. The Balaban J connectivity index is 2.01. The minimum Gasteiger partial charge on any atom is -0.0610 e. The lowest BCUT2D eigenvalue weighted by molar-refractivity contribution is 0.660. The van der Waals surface area contributed by atoms with Crippen molar-refractivity contribution < 1.29 is 0 Å². The SMILES string of the molecule is CC1(C)c2cc(I)ccc2-c2c1cc1c3c(cccc23)C=C1. The molecule has 0 nitrogen and oxygen atoms in total. The van der Waals surface area contributed by atoms with Gasteiger partial charge in [0.2, 0.25) is 0 Å². The van der Waals surface area contributed by atoms with Crippen molar-refractivity contribution in [3.05, 3.63) is 68.3 Å². The van der Waals surface area contributed by atoms with Crippen molar-refractivity contribution in [3.8, 4) is 11.1 Å². The minimum atomic E-state index is 0.0724. The molecule has 0 saturated carbocycles. The number of rotatable bonds is 0. The van der Waals surface area contributed by atoms with Gasteiger partial charge in [-0.25, -0.2) is 0 Å². The number of hydrogen-bond donors (Lipinski definition) is 0. The van der Waals surface area contributed by atoms with Gasteiger partial charge in [-0.3, -0.25) is 0 Å². The maximum absolute atomic E-state index is 2.42. The Morgan fingerprint density at radius 2 is 1.68 bits per heavy atom. The van der Waals surface area contributed by atoms with Crippen LogP contribution < -0.4 is 0 Å². The molecule has 2 aliphatic rings. The molecule has 0 amide bonds. The molecule has 0 saturated heterocycles. The van der Waals surface area contributed by atoms with Crippen LogP contribution in [0.2, 0.25) is 0 Å². The Bertz CT molecular complexity index is 1010. The van der Waals surface area contributed by atoms with Crippen LogP contribution in [0.5, 0.6) is 0 Å². The van der Waals surface area contributed by atoms with Crippen molar-refractivity contribution in [3.63, 3.8) is 0 Å². The summed E-state index contributed by atoms with van der Waals surface area (Å²) >= 11 is 2.42. The molecule has 0 heterocycles. The van der Waals surface area contributed by atoms with E-state index < -0.39 is 0 Å². The molecular weight excluding hydrogens is 379 g/mol. The minimum absolute atomic E-state index is 0.0724. The Labute approximate surface area is 144 Å². The van der Waals surface area contributed by atoms with Crippen LogP contribution in [-0.2, 0) is 5.41 Å². The molecule has 3 aromatic carbocycles. The van der Waals surface area contributed by atoms with Crippen LogP contribution in [0.15, 0.2) is 42.5 Å². The summed E-state index contributed by atoms with van der Waals surface area (Å²) in [7, 11) is 0. The Morgan fingerprint density at radius 3 is 2.55 bits per heavy atom. The van der Waals surface area contributed by atoms with Crippen LogP contribution in [-0.4, -0.2) is 0 Å². The highest BCUT2D eigenvalue weighted by Gasteiger charge is 2.37. The summed E-state index contributed by atoms with van der Waals surface area (Å²) in [5, 5.41) is 2.83. The molecule has 5 rings (SSSR count). The van der Waals surface area contributed by atoms with Crippen molar-refractivity contribution in [2.75, 3.05) is 0 Å². The number of hydrogen-bond acceptors (Lipinski definition) is 0. The fourth-order valence-electron chi connectivity index (χ4n) is 4.18. The smallest absolute Gasteiger partial charge is 0.0159 e. The molecule has 0 radical (unpaired) electrons. The Hall–Kier alpha value is -1.61. The van der Waals surface area contributed by atoms with Gasteiger partial charge in [0.15, 0.2) is 0 Å². The molecule has 0 bridgehead atoms. The summed E-state index contributed by atoms with van der Waals surface area (Å²) in [5.74, 6) is 0. The first kappa shape index (κ1) is 12.9. The maximum atomic E-state index is 2.42. The molecule has 0 spiro atoms. The van der Waals surface area contributed by atoms with Gasteiger partial charge in [0, 0.05) is 8.99 Å². The van der Waals surface area contributed by atoms with Gasteiger partial charge in [-0.05, 0) is 84.9 Å². The van der Waals surface area contributed by atoms with E-state index in [1.807, 2.05) is 0 Å². The molecule has 22 heavy (non-hydrogen) atoms. The van der Waals surface area contributed by atoms with Gasteiger partial charge in [0.25, 0.3) is 0 Å². The summed E-state index contributed by atoms with van der Waals surface area (Å²) in [5.41, 5.74) is 8.59. The summed E-state index contributed by atoms with van der Waals surface area (Å²) in [6.07, 6.45) is 4.51. The van der Waals surface area contributed by atoms with Gasteiger partial charge >= 0.3 is 0 Å². The molecule has 0 aliphatic heterocycles. The van der Waals surface area contributed by atoms with E-state index in [2.05, 4.69) is 91.1 Å². The molecule has 0 atom stereocenters. The van der Waals surface area contributed by atoms with Crippen LogP contribution in [0.4, 0.5) is 0 Å². The van der Waals surface area contributed by atoms with Crippen molar-refractivity contribution in [1.82, 2.24) is 0 Å². The van der Waals surface area contributed by atoms with E-state index >= 15 is 0 Å². The van der Waals surface area contributed by atoms with Gasteiger partial charge in [0.05, 0.1) is 0 Å². The molecule has 2 aliphatic carbocycles. The molecule has 1 heteroatoms. The summed E-state index contributed by atoms with van der Waals surface area (Å²) in [6, 6.07) is 16.0. The van der Waals surface area contributed by atoms with E-state index in [0.29, 0.717) is 0 Å². The topological polar surface area (TPSA) is 0 Å². The van der Waals surface area contributed by atoms with Crippen LogP contribution in [0, 0.1) is 3.57 Å². The third-order valence-electron chi connectivity index (χ3n) is 5.26. The average molecular weight is 394 g/mol. The van der Waals surface area contributed by atoms with Crippen molar-refractivity contribution in [1.29, 1.82) is 0 Å². The van der Waals surface area contributed by atoms with E-state index in [9.17, 15) is 0 Å². The van der Waals surface area contributed by atoms with E-state index in [-0.39, 0.29) is 5.41 Å². The molecule has 106 valence electrons. The third-order valence-corrected chi connectivity index (χ3v) is 5.93. The van der Waals surface area contributed by atoms with Crippen LogP contribution in [0.1, 0.15) is 36.1 Å². The first-order valence-electron chi connectivity index (χ1n) is 7.66. The lowest BCUT2D eigenvalue weighted by Gasteiger charge is -2.22. The standard InChI is InChI=1S/C21H15I/c1-21(2)17-11-14(22)8-9-15(17)20-16-5-3-4-12-6-7-13(19(12)16)10-18(20)21/h3-11H,1-2H3. The second-order valence-electron chi connectivity index (χ2n) is 6.81. The predicted molar refractivity (Wildman–Crippen MR) is 103 cm³/mol. The zero-order chi connectivity index (χ0) is 15.1. The van der Waals surface area contributed by atoms with Crippen LogP contribution in [0.25, 0.3) is 34.1 Å². The molecule has 0 aromatic heterocycles. The van der Waals surface area contributed by atoms with E-state index in [1.165, 1.54) is 47.7 Å². The maximum Gasteiger partial charge on any atom is 0.0159 e. The molecule has 0 unspecified atom stereocenters. The molecular formula is C21H15I. The predicted octanol–water partition coefficient (Wildman–Crippen LogP) is 6.23. The lowest BCUT2D eigenvalue weighted by Crippen LogP contribution is -2.15. The normalized spacial score (nSPS) is 16.1. The first-order chi connectivity index (χ1) is 10.6. The lowest BCUT2D eigenvalue weighted by atomic mass is 9.81.